The van der Waals surface area contributed by atoms with Crippen LogP contribution in [0.3, 0.4) is 0 Å². The van der Waals surface area contributed by atoms with Crippen LogP contribution in [0.4, 0.5) is 11.4 Å². The number of rotatable bonds is 4. The predicted octanol–water partition coefficient (Wildman–Crippen LogP) is 6.23. The Morgan fingerprint density at radius 2 is 1.65 bits per heavy atom. The summed E-state index contributed by atoms with van der Waals surface area (Å²) in [5, 5.41) is 4.72. The molecule has 0 radical (unpaired) electrons. The van der Waals surface area contributed by atoms with Crippen molar-refractivity contribution in [3.8, 4) is 11.6 Å². The van der Waals surface area contributed by atoms with E-state index >= 15 is 0 Å². The molecule has 0 spiro atoms. The Hall–Kier alpha value is -2.23. The lowest BCUT2D eigenvalue weighted by molar-refractivity contribution is 0.463. The van der Waals surface area contributed by atoms with Gasteiger partial charge in [-0.05, 0) is 61.0 Å². The van der Waals surface area contributed by atoms with Crippen LogP contribution in [0.2, 0.25) is 10.0 Å². The van der Waals surface area contributed by atoms with Gasteiger partial charge in [0.05, 0.1) is 0 Å². The third kappa shape index (κ3) is 4.15. The summed E-state index contributed by atoms with van der Waals surface area (Å²) in [6.07, 6.45) is 1.69. The highest BCUT2D eigenvalue weighted by Gasteiger charge is 2.03. The van der Waals surface area contributed by atoms with Crippen LogP contribution in [0.25, 0.3) is 0 Å². The lowest BCUT2D eigenvalue weighted by Gasteiger charge is -2.11. The van der Waals surface area contributed by atoms with Crippen molar-refractivity contribution in [1.82, 2.24) is 4.98 Å². The summed E-state index contributed by atoms with van der Waals surface area (Å²) >= 11 is 11.8. The molecule has 3 nitrogen and oxygen atoms in total. The summed E-state index contributed by atoms with van der Waals surface area (Å²) in [4.78, 5) is 4.22. The summed E-state index contributed by atoms with van der Waals surface area (Å²) in [5.41, 5.74) is 2.93. The van der Waals surface area contributed by atoms with Crippen molar-refractivity contribution in [3.63, 3.8) is 0 Å². The van der Waals surface area contributed by atoms with Crippen LogP contribution in [0, 0.1) is 6.92 Å². The molecule has 0 fully saturated rings. The fraction of sp³-hybridized carbons (Fsp3) is 0.0556. The third-order valence-corrected chi connectivity index (χ3v) is 3.73. The second-order valence-corrected chi connectivity index (χ2v) is 5.90. The van der Waals surface area contributed by atoms with Gasteiger partial charge in [-0.3, -0.25) is 0 Å². The van der Waals surface area contributed by atoms with Crippen molar-refractivity contribution >= 4 is 34.6 Å². The zero-order valence-electron chi connectivity index (χ0n) is 12.4. The largest absolute Gasteiger partial charge is 0.439 e. The first-order chi connectivity index (χ1) is 11.1. The van der Waals surface area contributed by atoms with Crippen LogP contribution in [-0.4, -0.2) is 4.98 Å². The van der Waals surface area contributed by atoms with Crippen molar-refractivity contribution < 1.29 is 4.74 Å². The molecule has 0 aliphatic rings. The van der Waals surface area contributed by atoms with E-state index in [1.807, 2.05) is 37.3 Å². The smallest absolute Gasteiger partial charge is 0.221 e. The number of nitrogens with zero attached hydrogens (tertiary/aromatic N) is 1. The quantitative estimate of drug-likeness (QED) is 0.608. The Morgan fingerprint density at radius 3 is 2.39 bits per heavy atom. The van der Waals surface area contributed by atoms with Gasteiger partial charge in [-0.15, -0.1) is 0 Å². The molecule has 1 heterocycles. The van der Waals surface area contributed by atoms with Crippen molar-refractivity contribution in [2.24, 2.45) is 0 Å². The zero-order valence-corrected chi connectivity index (χ0v) is 13.9. The maximum atomic E-state index is 5.98. The van der Waals surface area contributed by atoms with Crippen LogP contribution in [0.5, 0.6) is 11.6 Å². The van der Waals surface area contributed by atoms with E-state index in [-0.39, 0.29) is 0 Å². The molecule has 0 saturated carbocycles. The highest BCUT2D eigenvalue weighted by Crippen LogP contribution is 2.27. The number of hydrogen-bond acceptors (Lipinski definition) is 3. The fourth-order valence-electron chi connectivity index (χ4n) is 2.09. The molecule has 0 saturated heterocycles. The molecule has 0 unspecified atom stereocenters. The number of ether oxygens (including phenoxy) is 1. The van der Waals surface area contributed by atoms with Gasteiger partial charge >= 0.3 is 0 Å². The lowest BCUT2D eigenvalue weighted by atomic mass is 10.2. The Balaban J connectivity index is 1.78. The van der Waals surface area contributed by atoms with Crippen LogP contribution in [0.15, 0.2) is 60.8 Å². The van der Waals surface area contributed by atoms with Gasteiger partial charge in [0.15, 0.2) is 0 Å². The third-order valence-electron chi connectivity index (χ3n) is 3.24. The van der Waals surface area contributed by atoms with Crippen LogP contribution in [-0.2, 0) is 0 Å². The topological polar surface area (TPSA) is 34.2 Å². The maximum absolute atomic E-state index is 5.98. The minimum Gasteiger partial charge on any atom is -0.439 e. The summed E-state index contributed by atoms with van der Waals surface area (Å²) in [6, 6.07) is 16.6. The summed E-state index contributed by atoms with van der Waals surface area (Å²) < 4.78 is 5.73. The van der Waals surface area contributed by atoms with E-state index in [1.54, 1.807) is 30.5 Å². The Morgan fingerprint density at radius 1 is 0.913 bits per heavy atom. The van der Waals surface area contributed by atoms with E-state index in [0.717, 1.165) is 22.0 Å². The molecular weight excluding hydrogens is 331 g/mol. The van der Waals surface area contributed by atoms with Gasteiger partial charge in [-0.25, -0.2) is 4.98 Å². The van der Waals surface area contributed by atoms with E-state index in [4.69, 9.17) is 27.9 Å². The van der Waals surface area contributed by atoms with E-state index < -0.39 is 0 Å². The van der Waals surface area contributed by atoms with Crippen molar-refractivity contribution in [2.45, 2.75) is 6.92 Å². The van der Waals surface area contributed by atoms with Gasteiger partial charge in [0.1, 0.15) is 5.75 Å². The van der Waals surface area contributed by atoms with Crippen LogP contribution in [0.1, 0.15) is 5.56 Å². The normalized spacial score (nSPS) is 10.4. The Bertz CT molecular complexity index is 820. The molecule has 1 N–H and O–H groups in total. The highest BCUT2D eigenvalue weighted by atomic mass is 35.5. The highest BCUT2D eigenvalue weighted by molar-refractivity contribution is 6.31. The van der Waals surface area contributed by atoms with E-state index in [2.05, 4.69) is 10.3 Å². The Labute approximate surface area is 144 Å². The second-order valence-electron chi connectivity index (χ2n) is 5.02. The molecule has 0 amide bonds. The number of hydrogen-bond donors (Lipinski definition) is 1. The molecule has 116 valence electrons. The molecule has 0 aliphatic heterocycles. The first-order valence-electron chi connectivity index (χ1n) is 7.03. The zero-order chi connectivity index (χ0) is 16.2. The average molecular weight is 345 g/mol. The van der Waals surface area contributed by atoms with E-state index in [9.17, 15) is 0 Å². The number of aromatic nitrogens is 1. The Kier molecular flexibility index (Phi) is 4.70. The first kappa shape index (κ1) is 15.7. The minimum atomic E-state index is 0.504. The maximum Gasteiger partial charge on any atom is 0.221 e. The van der Waals surface area contributed by atoms with Crippen molar-refractivity contribution in [3.05, 3.63) is 76.4 Å². The second kappa shape index (κ2) is 6.90. The molecule has 3 aromatic rings. The molecule has 23 heavy (non-hydrogen) atoms. The van der Waals surface area contributed by atoms with E-state index in [0.29, 0.717) is 16.7 Å². The molecule has 1 aromatic heterocycles. The number of pyridine rings is 1. The first-order valence-corrected chi connectivity index (χ1v) is 7.78. The predicted molar refractivity (Wildman–Crippen MR) is 95.2 cm³/mol. The lowest BCUT2D eigenvalue weighted by Crippen LogP contribution is -1.95. The van der Waals surface area contributed by atoms with E-state index in [1.165, 1.54) is 0 Å². The van der Waals surface area contributed by atoms with Crippen molar-refractivity contribution in [2.75, 3.05) is 5.32 Å². The van der Waals surface area contributed by atoms with Gasteiger partial charge < -0.3 is 10.1 Å². The number of halogens is 2. The summed E-state index contributed by atoms with van der Waals surface area (Å²) in [7, 11) is 0. The number of anilines is 2. The SMILES string of the molecule is Cc1cc(Cl)ccc1Nc1ccnc(Oc2ccc(Cl)cc2)c1. The minimum absolute atomic E-state index is 0.504. The standard InChI is InChI=1S/C18H14Cl2N2O/c1-12-10-14(20)4-7-17(12)22-15-8-9-21-18(11-15)23-16-5-2-13(19)3-6-16/h2-11H,1H3,(H,21,22). The summed E-state index contributed by atoms with van der Waals surface area (Å²) in [6.45, 7) is 2.00. The molecule has 5 heteroatoms. The van der Waals surface area contributed by atoms with Gasteiger partial charge in [-0.1, -0.05) is 23.2 Å². The van der Waals surface area contributed by atoms with Crippen LogP contribution < -0.4 is 10.1 Å². The fourth-order valence-corrected chi connectivity index (χ4v) is 2.44. The van der Waals surface area contributed by atoms with Crippen molar-refractivity contribution in [1.29, 1.82) is 0 Å². The molecular formula is C18H14Cl2N2O. The molecule has 3 rings (SSSR count). The van der Waals surface area contributed by atoms with Gasteiger partial charge in [0, 0.05) is 33.7 Å². The molecule has 0 aliphatic carbocycles. The van der Waals surface area contributed by atoms with Gasteiger partial charge in [-0.2, -0.15) is 0 Å². The monoisotopic (exact) mass is 344 g/mol. The molecule has 2 aromatic carbocycles. The number of nitrogens with one attached hydrogen (secondary N) is 1. The molecule has 0 atom stereocenters. The number of aryl methyl sites for hydroxylation is 1. The average Bonchev–Trinajstić information content (AvgIpc) is 2.53. The summed E-state index contributed by atoms with van der Waals surface area (Å²) in [5.74, 6) is 1.19. The molecule has 0 bridgehead atoms. The van der Waals surface area contributed by atoms with Gasteiger partial charge in [0.2, 0.25) is 5.88 Å². The van der Waals surface area contributed by atoms with Gasteiger partial charge in [0.25, 0.3) is 0 Å². The van der Waals surface area contributed by atoms with Crippen LogP contribution >= 0.6 is 23.2 Å². The number of benzene rings is 2.